The molecule has 0 radical (unpaired) electrons. The van der Waals surface area contributed by atoms with Crippen LogP contribution < -0.4 is 10.2 Å². The molecule has 0 aliphatic carbocycles. The van der Waals surface area contributed by atoms with Gasteiger partial charge >= 0.3 is 0 Å². The molecule has 0 aromatic heterocycles. The average Bonchev–Trinajstić information content (AvgIpc) is 2.84. The third kappa shape index (κ3) is 2.97. The molecule has 0 saturated heterocycles. The topological polar surface area (TPSA) is 49.4 Å². The maximum Gasteiger partial charge on any atom is 0.251 e. The first kappa shape index (κ1) is 14.6. The van der Waals surface area contributed by atoms with Gasteiger partial charge in [-0.2, -0.15) is 0 Å². The summed E-state index contributed by atoms with van der Waals surface area (Å²) in [5.74, 6) is -0.0986. The van der Waals surface area contributed by atoms with Crippen LogP contribution in [-0.4, -0.2) is 24.9 Å². The van der Waals surface area contributed by atoms with Gasteiger partial charge in [0.15, 0.2) is 0 Å². The van der Waals surface area contributed by atoms with Crippen molar-refractivity contribution in [3.05, 3.63) is 64.7 Å². The minimum atomic E-state index is -0.170. The number of fused-ring (bicyclic) bond motifs is 1. The molecule has 0 saturated carbocycles. The van der Waals surface area contributed by atoms with E-state index < -0.39 is 0 Å². The second-order valence-corrected chi connectivity index (χ2v) is 5.55. The van der Waals surface area contributed by atoms with Crippen LogP contribution >= 0.6 is 11.6 Å². The lowest BCUT2D eigenvalue weighted by Gasteiger charge is -2.17. The number of nitrogens with zero attached hydrogens (tertiary/aromatic N) is 1. The Kier molecular flexibility index (Phi) is 4.11. The third-order valence-corrected chi connectivity index (χ3v) is 3.90. The Morgan fingerprint density at radius 2 is 1.86 bits per heavy atom. The summed E-state index contributed by atoms with van der Waals surface area (Å²) >= 11 is 5.79. The van der Waals surface area contributed by atoms with Crippen LogP contribution in [0.25, 0.3) is 0 Å². The Hall–Kier alpha value is -2.33. The van der Waals surface area contributed by atoms with E-state index in [1.165, 1.54) is 0 Å². The summed E-state index contributed by atoms with van der Waals surface area (Å²) in [4.78, 5) is 25.7. The monoisotopic (exact) mass is 314 g/mol. The second kappa shape index (κ2) is 6.20. The van der Waals surface area contributed by atoms with E-state index in [9.17, 15) is 9.59 Å². The minimum absolute atomic E-state index is 0.0712. The molecule has 0 bridgehead atoms. The SMILES string of the molecule is O=C(NCCN1C(=O)Cc2ccccc21)c1ccc(Cl)cc1. The summed E-state index contributed by atoms with van der Waals surface area (Å²) in [6.45, 7) is 0.872. The molecule has 5 heteroatoms. The van der Waals surface area contributed by atoms with E-state index in [0.29, 0.717) is 30.1 Å². The van der Waals surface area contributed by atoms with E-state index in [4.69, 9.17) is 11.6 Å². The van der Waals surface area contributed by atoms with Crippen LogP contribution in [0.3, 0.4) is 0 Å². The molecular weight excluding hydrogens is 300 g/mol. The van der Waals surface area contributed by atoms with Gasteiger partial charge in [0.05, 0.1) is 6.42 Å². The van der Waals surface area contributed by atoms with Gasteiger partial charge in [-0.3, -0.25) is 9.59 Å². The van der Waals surface area contributed by atoms with E-state index in [1.54, 1.807) is 29.2 Å². The predicted molar refractivity (Wildman–Crippen MR) is 86.3 cm³/mol. The van der Waals surface area contributed by atoms with E-state index in [2.05, 4.69) is 5.32 Å². The van der Waals surface area contributed by atoms with Gasteiger partial charge in [-0.25, -0.2) is 0 Å². The Bertz CT molecular complexity index is 713. The van der Waals surface area contributed by atoms with Crippen LogP contribution in [0.5, 0.6) is 0 Å². The molecule has 3 rings (SSSR count). The first-order valence-corrected chi connectivity index (χ1v) is 7.45. The van der Waals surface area contributed by atoms with E-state index in [-0.39, 0.29) is 11.8 Å². The van der Waals surface area contributed by atoms with E-state index in [1.807, 2.05) is 24.3 Å². The second-order valence-electron chi connectivity index (χ2n) is 5.11. The molecule has 0 unspecified atom stereocenters. The molecule has 4 nitrogen and oxygen atoms in total. The van der Waals surface area contributed by atoms with Crippen LogP contribution in [-0.2, 0) is 11.2 Å². The zero-order chi connectivity index (χ0) is 15.5. The molecule has 22 heavy (non-hydrogen) atoms. The fourth-order valence-electron chi connectivity index (χ4n) is 2.55. The number of rotatable bonds is 4. The van der Waals surface area contributed by atoms with Crippen molar-refractivity contribution in [3.63, 3.8) is 0 Å². The lowest BCUT2D eigenvalue weighted by molar-refractivity contribution is -0.117. The van der Waals surface area contributed by atoms with Crippen molar-refractivity contribution in [2.24, 2.45) is 0 Å². The van der Waals surface area contributed by atoms with Crippen molar-refractivity contribution in [1.29, 1.82) is 0 Å². The number of carbonyl (C=O) groups excluding carboxylic acids is 2. The molecule has 1 aliphatic heterocycles. The van der Waals surface area contributed by atoms with Gasteiger partial charge in [0, 0.05) is 29.4 Å². The number of hydrogen-bond donors (Lipinski definition) is 1. The number of carbonyl (C=O) groups is 2. The van der Waals surface area contributed by atoms with Gasteiger partial charge in [-0.05, 0) is 35.9 Å². The van der Waals surface area contributed by atoms with E-state index in [0.717, 1.165) is 11.3 Å². The van der Waals surface area contributed by atoms with E-state index >= 15 is 0 Å². The number of para-hydroxylation sites is 1. The van der Waals surface area contributed by atoms with Gasteiger partial charge in [-0.15, -0.1) is 0 Å². The van der Waals surface area contributed by atoms with Crippen LogP contribution in [0.4, 0.5) is 5.69 Å². The maximum absolute atomic E-state index is 12.0. The average molecular weight is 315 g/mol. The number of benzene rings is 2. The number of anilines is 1. The summed E-state index contributed by atoms with van der Waals surface area (Å²) in [6, 6.07) is 14.4. The molecular formula is C17H15ClN2O2. The molecule has 0 spiro atoms. The summed E-state index contributed by atoms with van der Waals surface area (Å²) in [5.41, 5.74) is 2.53. The quantitative estimate of drug-likeness (QED) is 0.943. The number of nitrogens with one attached hydrogen (secondary N) is 1. The molecule has 2 aromatic rings. The number of amides is 2. The summed E-state index contributed by atoms with van der Waals surface area (Å²) in [7, 11) is 0. The van der Waals surface area contributed by atoms with Crippen molar-refractivity contribution in [2.45, 2.75) is 6.42 Å². The first-order chi connectivity index (χ1) is 10.6. The number of halogens is 1. The summed E-state index contributed by atoms with van der Waals surface area (Å²) in [5, 5.41) is 3.41. The molecule has 1 heterocycles. The van der Waals surface area contributed by atoms with Crippen molar-refractivity contribution < 1.29 is 9.59 Å². The molecule has 1 aliphatic rings. The maximum atomic E-state index is 12.0. The standard InChI is InChI=1S/C17H15ClN2O2/c18-14-7-5-12(6-8-14)17(22)19-9-10-20-15-4-2-1-3-13(15)11-16(20)21/h1-8H,9-11H2,(H,19,22). The van der Waals surface area contributed by atoms with Crippen molar-refractivity contribution in [2.75, 3.05) is 18.0 Å². The molecule has 0 fully saturated rings. The van der Waals surface area contributed by atoms with Crippen molar-refractivity contribution in [3.8, 4) is 0 Å². The smallest absolute Gasteiger partial charge is 0.251 e. The van der Waals surface area contributed by atoms with Crippen molar-refractivity contribution in [1.82, 2.24) is 5.32 Å². The molecule has 0 atom stereocenters. The van der Waals surface area contributed by atoms with Crippen LogP contribution in [0.15, 0.2) is 48.5 Å². The predicted octanol–water partition coefficient (Wildman–Crippen LogP) is 2.66. The Morgan fingerprint density at radius 3 is 2.64 bits per heavy atom. The Balaban J connectivity index is 1.58. The Morgan fingerprint density at radius 1 is 1.14 bits per heavy atom. The lowest BCUT2D eigenvalue weighted by Crippen LogP contribution is -2.36. The van der Waals surface area contributed by atoms with Crippen molar-refractivity contribution >= 4 is 29.1 Å². The molecule has 1 N–H and O–H groups in total. The van der Waals surface area contributed by atoms with Crippen LogP contribution in [0, 0.1) is 0 Å². The van der Waals surface area contributed by atoms with Gasteiger partial charge in [0.1, 0.15) is 0 Å². The highest BCUT2D eigenvalue weighted by Gasteiger charge is 2.26. The summed E-state index contributed by atoms with van der Waals surface area (Å²) in [6.07, 6.45) is 0.432. The number of hydrogen-bond acceptors (Lipinski definition) is 2. The van der Waals surface area contributed by atoms with Gasteiger partial charge < -0.3 is 10.2 Å². The third-order valence-electron chi connectivity index (χ3n) is 3.65. The largest absolute Gasteiger partial charge is 0.350 e. The fraction of sp³-hybridized carbons (Fsp3) is 0.176. The normalized spacial score (nSPS) is 13.1. The molecule has 2 aromatic carbocycles. The molecule has 2 amide bonds. The zero-order valence-corrected chi connectivity index (χ0v) is 12.6. The highest BCUT2D eigenvalue weighted by molar-refractivity contribution is 6.30. The first-order valence-electron chi connectivity index (χ1n) is 7.07. The fourth-order valence-corrected chi connectivity index (χ4v) is 2.67. The highest BCUT2D eigenvalue weighted by atomic mass is 35.5. The van der Waals surface area contributed by atoms with Gasteiger partial charge in [0.2, 0.25) is 5.91 Å². The summed E-state index contributed by atoms with van der Waals surface area (Å²) < 4.78 is 0. The Labute approximate surface area is 133 Å². The highest BCUT2D eigenvalue weighted by Crippen LogP contribution is 2.27. The van der Waals surface area contributed by atoms with Gasteiger partial charge in [0.25, 0.3) is 5.91 Å². The van der Waals surface area contributed by atoms with Crippen LogP contribution in [0.1, 0.15) is 15.9 Å². The molecule has 112 valence electrons. The minimum Gasteiger partial charge on any atom is -0.350 e. The lowest BCUT2D eigenvalue weighted by atomic mass is 10.2. The van der Waals surface area contributed by atoms with Crippen LogP contribution in [0.2, 0.25) is 5.02 Å². The van der Waals surface area contributed by atoms with Gasteiger partial charge in [-0.1, -0.05) is 29.8 Å². The zero-order valence-electron chi connectivity index (χ0n) is 11.9.